The highest BCUT2D eigenvalue weighted by molar-refractivity contribution is 6.09. The fourth-order valence-electron chi connectivity index (χ4n) is 4.98. The number of allylic oxidation sites excluding steroid dienone is 2. The molecule has 5 aromatic carbocycles. The normalized spacial score (nSPS) is 11.4. The first kappa shape index (κ1) is 35.3. The summed E-state index contributed by atoms with van der Waals surface area (Å²) in [4.78, 5) is 26.9. The van der Waals surface area contributed by atoms with Crippen molar-refractivity contribution in [1.82, 2.24) is 0 Å². The molecule has 0 fully saturated rings. The summed E-state index contributed by atoms with van der Waals surface area (Å²) in [5.74, 6) is -0.688. The van der Waals surface area contributed by atoms with E-state index in [0.29, 0.717) is 33.6 Å². The highest BCUT2D eigenvalue weighted by Crippen LogP contribution is 2.27. The van der Waals surface area contributed by atoms with E-state index in [1.165, 1.54) is 0 Å². The molecule has 0 heterocycles. The summed E-state index contributed by atoms with van der Waals surface area (Å²) >= 11 is 0. The van der Waals surface area contributed by atoms with Crippen molar-refractivity contribution < 1.29 is 15.1 Å². The van der Waals surface area contributed by atoms with E-state index < -0.39 is 0 Å². The SMILES string of the molecule is CC(C)(C)c1cc(C(=O)Nc2ccc(/C=C(\C#N)c3ccccc3)cc2)cc(C(=O)Nc2ccc(/C=C(\C#N)c3ccccc3)cc2)c1.O. The van der Waals surface area contributed by atoms with Gasteiger partial charge in [0.1, 0.15) is 0 Å². The Hall–Kier alpha value is -6.54. The molecule has 0 saturated carbocycles. The average Bonchev–Trinajstić information content (AvgIpc) is 3.11. The van der Waals surface area contributed by atoms with Gasteiger partial charge in [-0.15, -0.1) is 0 Å². The van der Waals surface area contributed by atoms with E-state index in [1.807, 2.05) is 118 Å². The van der Waals surface area contributed by atoms with Crippen LogP contribution in [0, 0.1) is 22.7 Å². The minimum atomic E-state index is -0.344. The van der Waals surface area contributed by atoms with Crippen molar-refractivity contribution in [2.75, 3.05) is 10.6 Å². The fraction of sp³-hybridized carbons (Fsp3) is 0.0952. The molecule has 0 spiro atoms. The highest BCUT2D eigenvalue weighted by Gasteiger charge is 2.20. The summed E-state index contributed by atoms with van der Waals surface area (Å²) in [7, 11) is 0. The van der Waals surface area contributed by atoms with E-state index in [1.54, 1.807) is 42.5 Å². The first-order valence-electron chi connectivity index (χ1n) is 15.5. The van der Waals surface area contributed by atoms with Gasteiger partial charge in [0.15, 0.2) is 0 Å². The van der Waals surface area contributed by atoms with E-state index in [-0.39, 0.29) is 22.7 Å². The second kappa shape index (κ2) is 15.8. The highest BCUT2D eigenvalue weighted by atomic mass is 16.2. The molecule has 5 aromatic rings. The van der Waals surface area contributed by atoms with Crippen LogP contribution in [0.2, 0.25) is 0 Å². The van der Waals surface area contributed by atoms with Gasteiger partial charge >= 0.3 is 0 Å². The van der Waals surface area contributed by atoms with Crippen LogP contribution in [0.4, 0.5) is 11.4 Å². The van der Waals surface area contributed by atoms with Gasteiger partial charge in [0.2, 0.25) is 0 Å². The Balaban J connectivity index is 0.00000541. The maximum Gasteiger partial charge on any atom is 0.255 e. The molecule has 242 valence electrons. The number of carbonyl (C=O) groups excluding carboxylic acids is 2. The van der Waals surface area contributed by atoms with Crippen molar-refractivity contribution in [3.63, 3.8) is 0 Å². The van der Waals surface area contributed by atoms with Crippen LogP contribution in [-0.2, 0) is 5.41 Å². The summed E-state index contributed by atoms with van der Waals surface area (Å²) in [6.07, 6.45) is 3.61. The lowest BCUT2D eigenvalue weighted by Gasteiger charge is -2.21. The lowest BCUT2D eigenvalue weighted by molar-refractivity contribution is 0.102. The Morgan fingerprint density at radius 3 is 1.24 bits per heavy atom. The molecule has 0 radical (unpaired) electrons. The summed E-state index contributed by atoms with van der Waals surface area (Å²) in [6.45, 7) is 6.08. The van der Waals surface area contributed by atoms with Gasteiger partial charge in [0.05, 0.1) is 23.3 Å². The predicted octanol–water partition coefficient (Wildman–Crippen LogP) is 8.79. The molecule has 0 unspecified atom stereocenters. The van der Waals surface area contributed by atoms with Gasteiger partial charge in [-0.25, -0.2) is 0 Å². The van der Waals surface area contributed by atoms with Gasteiger partial charge in [-0.1, -0.05) is 106 Å². The molecular formula is C42H36N4O3. The van der Waals surface area contributed by atoms with E-state index in [0.717, 1.165) is 27.8 Å². The lowest BCUT2D eigenvalue weighted by Crippen LogP contribution is -2.19. The molecule has 7 heteroatoms. The van der Waals surface area contributed by atoms with Gasteiger partial charge in [-0.2, -0.15) is 10.5 Å². The van der Waals surface area contributed by atoms with Crippen LogP contribution < -0.4 is 10.6 Å². The molecular weight excluding hydrogens is 608 g/mol. The van der Waals surface area contributed by atoms with Crippen LogP contribution in [0.15, 0.2) is 127 Å². The van der Waals surface area contributed by atoms with Crippen LogP contribution in [0.25, 0.3) is 23.3 Å². The first-order chi connectivity index (χ1) is 23.1. The summed E-state index contributed by atoms with van der Waals surface area (Å²) in [5.41, 5.74) is 6.82. The van der Waals surface area contributed by atoms with Crippen LogP contribution in [-0.4, -0.2) is 17.3 Å². The van der Waals surface area contributed by atoms with E-state index >= 15 is 0 Å². The van der Waals surface area contributed by atoms with Gasteiger partial charge < -0.3 is 16.1 Å². The molecule has 5 rings (SSSR count). The second-order valence-corrected chi connectivity index (χ2v) is 12.3. The van der Waals surface area contributed by atoms with Gasteiger partial charge in [0.25, 0.3) is 11.8 Å². The zero-order valence-corrected chi connectivity index (χ0v) is 27.5. The van der Waals surface area contributed by atoms with Gasteiger partial charge in [-0.3, -0.25) is 9.59 Å². The van der Waals surface area contributed by atoms with Crippen molar-refractivity contribution in [1.29, 1.82) is 10.5 Å². The smallest absolute Gasteiger partial charge is 0.255 e. The maximum atomic E-state index is 13.4. The minimum absolute atomic E-state index is 0. The lowest BCUT2D eigenvalue weighted by atomic mass is 9.85. The van der Waals surface area contributed by atoms with Gasteiger partial charge in [-0.05, 0) is 87.8 Å². The predicted molar refractivity (Wildman–Crippen MR) is 197 cm³/mol. The Morgan fingerprint density at radius 1 is 0.551 bits per heavy atom. The van der Waals surface area contributed by atoms with Gasteiger partial charge in [0, 0.05) is 22.5 Å². The molecule has 49 heavy (non-hydrogen) atoms. The molecule has 0 bridgehead atoms. The van der Waals surface area contributed by atoms with Crippen molar-refractivity contribution >= 4 is 46.5 Å². The Morgan fingerprint density at radius 2 is 0.918 bits per heavy atom. The number of nitriles is 2. The van der Waals surface area contributed by atoms with Crippen LogP contribution in [0.1, 0.15) is 69.3 Å². The number of nitrogens with zero attached hydrogens (tertiary/aromatic N) is 2. The zero-order valence-electron chi connectivity index (χ0n) is 27.5. The zero-order chi connectivity index (χ0) is 34.1. The van der Waals surface area contributed by atoms with Crippen molar-refractivity contribution in [2.24, 2.45) is 0 Å². The number of benzene rings is 5. The summed E-state index contributed by atoms with van der Waals surface area (Å²) < 4.78 is 0. The van der Waals surface area contributed by atoms with Crippen LogP contribution in [0.3, 0.4) is 0 Å². The number of hydrogen-bond donors (Lipinski definition) is 2. The molecule has 4 N–H and O–H groups in total. The van der Waals surface area contributed by atoms with Crippen LogP contribution in [0.5, 0.6) is 0 Å². The number of amides is 2. The first-order valence-corrected chi connectivity index (χ1v) is 15.5. The topological polar surface area (TPSA) is 137 Å². The van der Waals surface area contributed by atoms with Crippen molar-refractivity contribution in [3.05, 3.63) is 166 Å². The molecule has 0 saturated heterocycles. The Bertz CT molecular complexity index is 1940. The fourth-order valence-corrected chi connectivity index (χ4v) is 4.98. The number of nitrogens with one attached hydrogen (secondary N) is 2. The Kier molecular flexibility index (Phi) is 11.4. The number of hydrogen-bond acceptors (Lipinski definition) is 4. The molecule has 0 aliphatic heterocycles. The number of anilines is 2. The van der Waals surface area contributed by atoms with E-state index in [9.17, 15) is 20.1 Å². The standard InChI is InChI=1S/C42H34N4O2.H2O/c1-42(2,3)37-25-33(40(47)45-38-18-14-29(15-19-38)22-35(27-43)31-10-6-4-7-11-31)24-34(26-37)41(48)46-39-20-16-30(17-21-39)23-36(28-44)32-12-8-5-9-13-32;/h4-26H,1-3H3,(H,45,47)(H,46,48);1H2/b35-22+,36-23+;. The molecule has 0 aromatic heterocycles. The van der Waals surface area contributed by atoms with Crippen molar-refractivity contribution in [2.45, 2.75) is 26.2 Å². The minimum Gasteiger partial charge on any atom is -0.412 e. The Labute approximate surface area is 286 Å². The quantitative estimate of drug-likeness (QED) is 0.129. The van der Waals surface area contributed by atoms with E-state index in [4.69, 9.17) is 0 Å². The van der Waals surface area contributed by atoms with E-state index in [2.05, 4.69) is 22.8 Å². The number of carbonyl (C=O) groups is 2. The third-order valence-electron chi connectivity index (χ3n) is 7.69. The molecule has 0 aliphatic carbocycles. The van der Waals surface area contributed by atoms with Crippen LogP contribution >= 0.6 is 0 Å². The molecule has 7 nitrogen and oxygen atoms in total. The average molecular weight is 645 g/mol. The monoisotopic (exact) mass is 644 g/mol. The third kappa shape index (κ3) is 9.27. The maximum absolute atomic E-state index is 13.4. The molecule has 2 amide bonds. The molecule has 0 aliphatic rings. The van der Waals surface area contributed by atoms with Crippen molar-refractivity contribution in [3.8, 4) is 12.1 Å². The molecule has 0 atom stereocenters. The number of rotatable bonds is 8. The second-order valence-electron chi connectivity index (χ2n) is 12.3. The summed E-state index contributed by atoms with van der Waals surface area (Å²) in [5, 5.41) is 25.1. The largest absolute Gasteiger partial charge is 0.412 e. The third-order valence-corrected chi connectivity index (χ3v) is 7.69. The summed E-state index contributed by atoms with van der Waals surface area (Å²) in [6, 6.07) is 43.1.